The van der Waals surface area contributed by atoms with E-state index >= 15 is 0 Å². The molecule has 0 saturated carbocycles. The number of nitrogens with zero attached hydrogens (tertiary/aromatic N) is 4. The van der Waals surface area contributed by atoms with Gasteiger partial charge in [-0.2, -0.15) is 0 Å². The lowest BCUT2D eigenvalue weighted by Gasteiger charge is -2.31. The zero-order valence-electron chi connectivity index (χ0n) is 16.9. The summed E-state index contributed by atoms with van der Waals surface area (Å²) in [4.78, 5) is 2.43. The topological polar surface area (TPSA) is 80.1 Å². The van der Waals surface area contributed by atoms with Crippen LogP contribution in [0.3, 0.4) is 0 Å². The Balaban J connectivity index is 1.28. The summed E-state index contributed by atoms with van der Waals surface area (Å²) in [5.74, 6) is 0.510. The molecule has 0 atom stereocenters. The highest BCUT2D eigenvalue weighted by Crippen LogP contribution is 2.29. The second-order valence-electron chi connectivity index (χ2n) is 7.78. The third-order valence-corrected chi connectivity index (χ3v) is 6.00. The molecule has 1 aliphatic heterocycles. The maximum absolute atomic E-state index is 10.7. The first-order chi connectivity index (χ1) is 14.7. The summed E-state index contributed by atoms with van der Waals surface area (Å²) in [6, 6.07) is 18.5. The molecule has 1 fully saturated rings. The van der Waals surface area contributed by atoms with Crippen LogP contribution in [0.4, 0.5) is 0 Å². The molecule has 3 aromatic rings. The van der Waals surface area contributed by atoms with E-state index in [0.717, 1.165) is 50.3 Å². The van der Waals surface area contributed by atoms with Gasteiger partial charge in [0.25, 0.3) is 0 Å². The zero-order chi connectivity index (χ0) is 20.8. The first kappa shape index (κ1) is 20.7. The van der Waals surface area contributed by atoms with Gasteiger partial charge in [-0.25, -0.2) is 17.8 Å². The summed E-state index contributed by atoms with van der Waals surface area (Å²) in [7, 11) is -2.56. The van der Waals surface area contributed by atoms with Crippen molar-refractivity contribution < 1.29 is 8.42 Å². The summed E-state index contributed by atoms with van der Waals surface area (Å²) in [6.45, 7) is 3.95. The van der Waals surface area contributed by atoms with Crippen LogP contribution in [0.2, 0.25) is 0 Å². The Morgan fingerprint density at radius 2 is 1.73 bits per heavy atom. The van der Waals surface area contributed by atoms with Crippen LogP contribution in [-0.4, -0.2) is 41.4 Å². The quantitative estimate of drug-likeness (QED) is 0.542. The van der Waals surface area contributed by atoms with Crippen molar-refractivity contribution in [3.8, 4) is 0 Å². The fourth-order valence-corrected chi connectivity index (χ4v) is 4.34. The van der Waals surface area contributed by atoms with Gasteiger partial charge < -0.3 is 0 Å². The van der Waals surface area contributed by atoms with Gasteiger partial charge in [0.15, 0.2) is 0 Å². The lowest BCUT2D eigenvalue weighted by Crippen LogP contribution is -2.32. The van der Waals surface area contributed by atoms with Crippen LogP contribution >= 0.6 is 0 Å². The number of hydrogen-bond donors (Lipinski definition) is 2. The van der Waals surface area contributed by atoms with Crippen molar-refractivity contribution in [1.82, 2.24) is 24.6 Å². The van der Waals surface area contributed by atoms with E-state index in [1.54, 1.807) is 0 Å². The fourth-order valence-electron chi connectivity index (χ4n) is 4.03. The Morgan fingerprint density at radius 3 is 2.50 bits per heavy atom. The lowest BCUT2D eigenvalue weighted by molar-refractivity contribution is 0.202. The van der Waals surface area contributed by atoms with Gasteiger partial charge in [-0.05, 0) is 48.5 Å². The number of benzene rings is 2. The first-order valence-corrected chi connectivity index (χ1v) is 11.5. The van der Waals surface area contributed by atoms with Crippen molar-refractivity contribution in [3.05, 3.63) is 83.2 Å². The van der Waals surface area contributed by atoms with E-state index in [9.17, 15) is 8.42 Å². The van der Waals surface area contributed by atoms with Crippen molar-refractivity contribution in [1.29, 1.82) is 0 Å². The molecule has 0 bridgehead atoms. The van der Waals surface area contributed by atoms with E-state index in [1.165, 1.54) is 11.1 Å². The Labute approximate surface area is 178 Å². The normalized spacial score (nSPS) is 15.6. The molecule has 1 aliphatic rings. The molecule has 2 aromatic carbocycles. The minimum atomic E-state index is -2.56. The van der Waals surface area contributed by atoms with Crippen LogP contribution in [0.25, 0.3) is 0 Å². The molecular formula is C22H27N5O2S. The summed E-state index contributed by atoms with van der Waals surface area (Å²) < 4.78 is 25.9. The predicted octanol–water partition coefficient (Wildman–Crippen LogP) is 2.32. The highest BCUT2D eigenvalue weighted by Gasteiger charge is 2.21. The van der Waals surface area contributed by atoms with Crippen molar-refractivity contribution in [2.45, 2.75) is 38.4 Å². The Hall–Kier alpha value is -2.55. The van der Waals surface area contributed by atoms with Gasteiger partial charge in [-0.1, -0.05) is 59.8 Å². The Bertz CT molecular complexity index is 1020. The largest absolute Gasteiger partial charge is 0.297 e. The van der Waals surface area contributed by atoms with E-state index < -0.39 is 10.9 Å². The van der Waals surface area contributed by atoms with E-state index in [2.05, 4.69) is 44.2 Å². The second kappa shape index (κ2) is 9.97. The Kier molecular flexibility index (Phi) is 6.88. The summed E-state index contributed by atoms with van der Waals surface area (Å²) in [6.07, 6.45) is 4.21. The number of rotatable bonds is 8. The number of aromatic nitrogens is 3. The molecule has 30 heavy (non-hydrogen) atoms. The maximum atomic E-state index is 10.7. The molecule has 7 nitrogen and oxygen atoms in total. The number of nitrogens with one attached hydrogen (secondary N) is 1. The van der Waals surface area contributed by atoms with Crippen LogP contribution in [0.15, 0.2) is 60.8 Å². The minimum absolute atomic E-state index is 0.351. The number of thiol groups is 1. The molecular weight excluding hydrogens is 398 g/mol. The molecule has 4 rings (SSSR count). The molecule has 1 N–H and O–H groups in total. The van der Waals surface area contributed by atoms with Crippen LogP contribution in [0, 0.1) is 0 Å². The van der Waals surface area contributed by atoms with Gasteiger partial charge in [-0.15, -0.1) is 5.10 Å². The van der Waals surface area contributed by atoms with Crippen LogP contribution < -0.4 is 4.72 Å². The second-order valence-corrected chi connectivity index (χ2v) is 8.61. The third-order valence-electron chi connectivity index (χ3n) is 5.58. The highest BCUT2D eigenvalue weighted by atomic mass is 32.2. The van der Waals surface area contributed by atoms with E-state index in [4.69, 9.17) is 0 Å². The SMILES string of the molecule is O=[SH](=O)NCc1cccc(C2CCN(Cc3cn(Cc4ccccc4)nn3)CC2)c1. The van der Waals surface area contributed by atoms with Crippen LogP contribution in [-0.2, 0) is 30.5 Å². The monoisotopic (exact) mass is 425 g/mol. The van der Waals surface area contributed by atoms with Crippen LogP contribution in [0.5, 0.6) is 0 Å². The van der Waals surface area contributed by atoms with Gasteiger partial charge in [0.1, 0.15) is 0 Å². The molecule has 2 heterocycles. The molecule has 0 amide bonds. The van der Waals surface area contributed by atoms with Crippen molar-refractivity contribution >= 4 is 10.9 Å². The number of hydrogen-bond acceptors (Lipinski definition) is 5. The highest BCUT2D eigenvalue weighted by molar-refractivity contribution is 7.70. The van der Waals surface area contributed by atoms with Gasteiger partial charge >= 0.3 is 0 Å². The standard InChI is InChI=1S/C22H27N5O2S/c28-30(29)23-14-19-7-4-8-21(13-19)20-9-11-26(12-10-20)16-22-17-27(25-24-22)15-18-5-2-1-3-6-18/h1-8,13,17,20,30H,9-12,14-16H2,(H,23,28,29). The zero-order valence-corrected chi connectivity index (χ0v) is 17.7. The summed E-state index contributed by atoms with van der Waals surface area (Å²) in [5, 5.41) is 8.61. The number of likely N-dealkylation sites (tertiary alicyclic amines) is 1. The van der Waals surface area contributed by atoms with Gasteiger partial charge in [0.2, 0.25) is 10.9 Å². The van der Waals surface area contributed by atoms with Crippen molar-refractivity contribution in [2.24, 2.45) is 0 Å². The molecule has 0 radical (unpaired) electrons. The third kappa shape index (κ3) is 5.75. The summed E-state index contributed by atoms with van der Waals surface area (Å²) in [5.41, 5.74) is 4.52. The predicted molar refractivity (Wildman–Crippen MR) is 116 cm³/mol. The maximum Gasteiger partial charge on any atom is 0.201 e. The van der Waals surface area contributed by atoms with Gasteiger partial charge in [0.05, 0.1) is 18.4 Å². The molecule has 0 spiro atoms. The molecule has 8 heteroatoms. The lowest BCUT2D eigenvalue weighted by atomic mass is 9.88. The Morgan fingerprint density at radius 1 is 0.967 bits per heavy atom. The van der Waals surface area contributed by atoms with Crippen molar-refractivity contribution in [3.63, 3.8) is 0 Å². The number of piperidine rings is 1. The van der Waals surface area contributed by atoms with Crippen molar-refractivity contribution in [2.75, 3.05) is 13.1 Å². The van der Waals surface area contributed by atoms with Crippen LogP contribution in [0.1, 0.15) is 41.1 Å². The molecule has 0 unspecified atom stereocenters. The van der Waals surface area contributed by atoms with E-state index in [0.29, 0.717) is 12.5 Å². The van der Waals surface area contributed by atoms with Gasteiger partial charge in [0, 0.05) is 13.1 Å². The smallest absolute Gasteiger partial charge is 0.201 e. The average Bonchev–Trinajstić information content (AvgIpc) is 3.20. The van der Waals surface area contributed by atoms with E-state index in [1.807, 2.05) is 41.2 Å². The fraction of sp³-hybridized carbons (Fsp3) is 0.364. The molecule has 1 aromatic heterocycles. The molecule has 0 aliphatic carbocycles. The molecule has 158 valence electrons. The average molecular weight is 426 g/mol. The summed E-state index contributed by atoms with van der Waals surface area (Å²) >= 11 is 0. The first-order valence-electron chi connectivity index (χ1n) is 10.3. The molecule has 1 saturated heterocycles. The van der Waals surface area contributed by atoms with Gasteiger partial charge in [-0.3, -0.25) is 4.90 Å². The minimum Gasteiger partial charge on any atom is -0.297 e. The van der Waals surface area contributed by atoms with E-state index in [-0.39, 0.29) is 0 Å².